The highest BCUT2D eigenvalue weighted by atomic mass is 31.1. The van der Waals surface area contributed by atoms with Gasteiger partial charge in [0.25, 0.3) is 0 Å². The molecule has 1 aromatic rings. The van der Waals surface area contributed by atoms with Gasteiger partial charge in [-0.1, -0.05) is 12.1 Å². The molecule has 0 bridgehead atoms. The van der Waals surface area contributed by atoms with Gasteiger partial charge >= 0.3 is 14.2 Å². The number of hydrogen-bond donors (Lipinski definition) is 0. The van der Waals surface area contributed by atoms with Gasteiger partial charge in [0.15, 0.2) is 0 Å². The van der Waals surface area contributed by atoms with Crippen molar-refractivity contribution in [3.05, 3.63) is 29.8 Å². The van der Waals surface area contributed by atoms with Gasteiger partial charge in [-0.15, -0.1) is 9.05 Å². The van der Waals surface area contributed by atoms with E-state index >= 15 is 0 Å². The van der Waals surface area contributed by atoms with Gasteiger partial charge in [-0.25, -0.2) is 0 Å². The van der Waals surface area contributed by atoms with Crippen LogP contribution < -0.4 is 4.74 Å². The molecule has 0 saturated carbocycles. The van der Waals surface area contributed by atoms with Crippen LogP contribution in [0.3, 0.4) is 0 Å². The summed E-state index contributed by atoms with van der Waals surface area (Å²) < 4.78 is 29.3. The zero-order valence-electron chi connectivity index (χ0n) is 12.8. The van der Waals surface area contributed by atoms with Gasteiger partial charge in [0.2, 0.25) is 0 Å². The lowest BCUT2D eigenvalue weighted by Gasteiger charge is -2.03. The van der Waals surface area contributed by atoms with E-state index < -0.39 is 8.25 Å². The van der Waals surface area contributed by atoms with Gasteiger partial charge in [0.1, 0.15) is 19.0 Å². The zero-order valence-corrected chi connectivity index (χ0v) is 13.7. The molecule has 7 heteroatoms. The normalized spacial score (nSPS) is 9.52. The standard InChI is InChI=1S/C10H12O3.C4H10O3P/c1-8(11)13-10-5-3-4-9(6-10)7-12-2;1-3-6-8(5)7-4-2/h3-6H,7H2,1-2H3;3-4H2,1-2H3/q;+1. The summed E-state index contributed by atoms with van der Waals surface area (Å²) in [6, 6.07) is 7.26. The Morgan fingerprint density at radius 3 is 2.29 bits per heavy atom. The Hall–Kier alpha value is -1.33. The van der Waals surface area contributed by atoms with Crippen LogP contribution >= 0.6 is 8.25 Å². The molecule has 0 atom stereocenters. The lowest BCUT2D eigenvalue weighted by atomic mass is 10.2. The number of rotatable bonds is 7. The highest BCUT2D eigenvalue weighted by molar-refractivity contribution is 7.33. The summed E-state index contributed by atoms with van der Waals surface area (Å²) >= 11 is 0. The topological polar surface area (TPSA) is 71.1 Å². The van der Waals surface area contributed by atoms with Gasteiger partial charge in [-0.3, -0.25) is 4.79 Å². The summed E-state index contributed by atoms with van der Waals surface area (Å²) in [5, 5.41) is 0. The van der Waals surface area contributed by atoms with Crippen LogP contribution in [0.1, 0.15) is 26.3 Å². The number of ether oxygens (including phenoxy) is 2. The van der Waals surface area contributed by atoms with Crippen LogP contribution in [0.5, 0.6) is 5.75 Å². The molecule has 0 unspecified atom stereocenters. The molecule has 0 radical (unpaired) electrons. The molecule has 1 rings (SSSR count). The maximum Gasteiger partial charge on any atom is 0.697 e. The van der Waals surface area contributed by atoms with Crippen molar-refractivity contribution >= 4 is 14.2 Å². The van der Waals surface area contributed by atoms with Crippen LogP contribution in [0.2, 0.25) is 0 Å². The molecule has 0 aliphatic heterocycles. The average molecular weight is 317 g/mol. The van der Waals surface area contributed by atoms with Crippen LogP contribution in [-0.4, -0.2) is 26.3 Å². The quantitative estimate of drug-likeness (QED) is 0.435. The molecular formula is C14H22O6P+. The summed E-state index contributed by atoms with van der Waals surface area (Å²) in [5.41, 5.74) is 0.987. The summed E-state index contributed by atoms with van der Waals surface area (Å²) in [6.07, 6.45) is 0. The van der Waals surface area contributed by atoms with E-state index in [0.717, 1.165) is 5.56 Å². The van der Waals surface area contributed by atoms with E-state index in [4.69, 9.17) is 9.47 Å². The number of carbonyl (C=O) groups excluding carboxylic acids is 1. The second-order valence-corrected chi connectivity index (χ2v) is 4.70. The van der Waals surface area contributed by atoms with Crippen LogP contribution in [0.25, 0.3) is 0 Å². The van der Waals surface area contributed by atoms with Gasteiger partial charge in [0, 0.05) is 18.6 Å². The van der Waals surface area contributed by atoms with E-state index in [0.29, 0.717) is 25.6 Å². The molecule has 0 aliphatic carbocycles. The van der Waals surface area contributed by atoms with Crippen LogP contribution in [-0.2, 0) is 29.8 Å². The minimum absolute atomic E-state index is 0.311. The average Bonchev–Trinajstić information content (AvgIpc) is 2.40. The predicted octanol–water partition coefficient (Wildman–Crippen LogP) is 3.48. The smallest absolute Gasteiger partial charge is 0.427 e. The molecule has 0 heterocycles. The van der Waals surface area contributed by atoms with Crippen molar-refractivity contribution in [3.8, 4) is 5.75 Å². The van der Waals surface area contributed by atoms with Crippen molar-refractivity contribution in [3.63, 3.8) is 0 Å². The molecule has 0 aliphatic rings. The number of carbonyl (C=O) groups is 1. The van der Waals surface area contributed by atoms with Crippen molar-refractivity contribution < 1.29 is 27.9 Å². The van der Waals surface area contributed by atoms with Crippen molar-refractivity contribution in [2.75, 3.05) is 20.3 Å². The second-order valence-electron chi connectivity index (χ2n) is 3.73. The van der Waals surface area contributed by atoms with E-state index in [1.165, 1.54) is 6.92 Å². The van der Waals surface area contributed by atoms with Crippen molar-refractivity contribution in [1.82, 2.24) is 0 Å². The van der Waals surface area contributed by atoms with Gasteiger partial charge in [-0.05, 0) is 31.5 Å². The molecule has 118 valence electrons. The summed E-state index contributed by atoms with van der Waals surface area (Å²) in [5.74, 6) is 0.247. The fourth-order valence-electron chi connectivity index (χ4n) is 1.28. The summed E-state index contributed by atoms with van der Waals surface area (Å²) in [4.78, 5) is 10.6. The number of methoxy groups -OCH3 is 1. The van der Waals surface area contributed by atoms with Gasteiger partial charge in [0.05, 0.1) is 6.61 Å². The lowest BCUT2D eigenvalue weighted by molar-refractivity contribution is -0.131. The van der Waals surface area contributed by atoms with Gasteiger partial charge in [-0.2, -0.15) is 0 Å². The Kier molecular flexibility index (Phi) is 11.6. The van der Waals surface area contributed by atoms with E-state index in [-0.39, 0.29) is 5.97 Å². The first-order chi connectivity index (χ1) is 10.0. The van der Waals surface area contributed by atoms with E-state index in [1.54, 1.807) is 33.1 Å². The van der Waals surface area contributed by atoms with Crippen LogP contribution in [0.15, 0.2) is 24.3 Å². The second kappa shape index (κ2) is 12.4. The lowest BCUT2D eigenvalue weighted by Crippen LogP contribution is -2.01. The Bertz CT molecular complexity index is 427. The number of benzene rings is 1. The first-order valence-corrected chi connectivity index (χ1v) is 7.62. The number of esters is 1. The maximum atomic E-state index is 10.6. The first kappa shape index (κ1) is 19.7. The van der Waals surface area contributed by atoms with E-state index in [1.807, 2.05) is 12.1 Å². The van der Waals surface area contributed by atoms with E-state index in [2.05, 4.69) is 9.05 Å². The van der Waals surface area contributed by atoms with E-state index in [9.17, 15) is 9.36 Å². The van der Waals surface area contributed by atoms with Crippen LogP contribution in [0, 0.1) is 0 Å². The summed E-state index contributed by atoms with van der Waals surface area (Å²) in [7, 11) is -0.207. The predicted molar refractivity (Wildman–Crippen MR) is 79.3 cm³/mol. The maximum absolute atomic E-state index is 10.6. The molecule has 0 amide bonds. The Labute approximate surface area is 126 Å². The third-order valence-corrected chi connectivity index (χ3v) is 2.88. The zero-order chi connectivity index (χ0) is 16.1. The largest absolute Gasteiger partial charge is 0.697 e. The molecular weight excluding hydrogens is 295 g/mol. The summed E-state index contributed by atoms with van der Waals surface area (Å²) in [6.45, 7) is 6.32. The molecule has 1 aromatic carbocycles. The van der Waals surface area contributed by atoms with Gasteiger partial charge < -0.3 is 9.47 Å². The fourth-order valence-corrected chi connectivity index (χ4v) is 1.78. The molecule has 21 heavy (non-hydrogen) atoms. The molecule has 0 aromatic heterocycles. The van der Waals surface area contributed by atoms with Crippen molar-refractivity contribution in [1.29, 1.82) is 0 Å². The minimum atomic E-state index is -1.83. The SMILES string of the molecule is CCO[P+](=O)OCC.COCc1cccc(OC(C)=O)c1. The molecule has 0 N–H and O–H groups in total. The monoisotopic (exact) mass is 317 g/mol. The third kappa shape index (κ3) is 11.0. The van der Waals surface area contributed by atoms with Crippen molar-refractivity contribution in [2.24, 2.45) is 0 Å². The number of hydrogen-bond acceptors (Lipinski definition) is 6. The highest BCUT2D eigenvalue weighted by Crippen LogP contribution is 2.21. The Morgan fingerprint density at radius 1 is 1.19 bits per heavy atom. The Morgan fingerprint density at radius 2 is 1.81 bits per heavy atom. The Balaban J connectivity index is 0.000000433. The van der Waals surface area contributed by atoms with Crippen molar-refractivity contribution in [2.45, 2.75) is 27.4 Å². The molecule has 0 spiro atoms. The fraction of sp³-hybridized carbons (Fsp3) is 0.500. The minimum Gasteiger partial charge on any atom is -0.427 e. The highest BCUT2D eigenvalue weighted by Gasteiger charge is 2.15. The molecule has 0 fully saturated rings. The van der Waals surface area contributed by atoms with Crippen LogP contribution in [0.4, 0.5) is 0 Å². The third-order valence-electron chi connectivity index (χ3n) is 1.94. The molecule has 0 saturated heterocycles. The first-order valence-electron chi connectivity index (χ1n) is 6.52. The molecule has 6 nitrogen and oxygen atoms in total.